The molecular weight excluding hydrogens is 445 g/mol. The highest BCUT2D eigenvalue weighted by atomic mass is 127. The zero-order chi connectivity index (χ0) is 15.4. The minimum atomic E-state index is -0.129. The van der Waals surface area contributed by atoms with E-state index in [0.717, 1.165) is 3.57 Å². The molecule has 0 aliphatic heterocycles. The Morgan fingerprint density at radius 1 is 1.19 bits per heavy atom. The number of carbonyl (C=O) groups is 1. The van der Waals surface area contributed by atoms with Crippen molar-refractivity contribution >= 4 is 63.3 Å². The van der Waals surface area contributed by atoms with E-state index in [2.05, 4.69) is 32.9 Å². The first kappa shape index (κ1) is 16.8. The number of nitrogens with one attached hydrogen (secondary N) is 1. The van der Waals surface area contributed by atoms with Crippen molar-refractivity contribution in [3.05, 3.63) is 60.4 Å². The maximum absolute atomic E-state index is 12.0. The van der Waals surface area contributed by atoms with Gasteiger partial charge in [0, 0.05) is 16.5 Å². The minimum absolute atomic E-state index is 0.129. The molecular formula is C14H10Cl3IN2O. The summed E-state index contributed by atoms with van der Waals surface area (Å²) in [6.07, 6.45) is 0.477. The van der Waals surface area contributed by atoms with Crippen molar-refractivity contribution in [2.75, 3.05) is 6.54 Å². The van der Waals surface area contributed by atoms with Gasteiger partial charge in [0.25, 0.3) is 5.91 Å². The topological polar surface area (TPSA) is 42.0 Å². The molecule has 7 heteroatoms. The van der Waals surface area contributed by atoms with Crippen LogP contribution < -0.4 is 5.32 Å². The molecule has 1 heterocycles. The van der Waals surface area contributed by atoms with Crippen LogP contribution in [-0.4, -0.2) is 17.4 Å². The first-order valence-corrected chi connectivity index (χ1v) is 8.23. The molecule has 1 aromatic heterocycles. The Balaban J connectivity index is 1.97. The van der Waals surface area contributed by atoms with Gasteiger partial charge in [-0.2, -0.15) is 0 Å². The molecule has 0 aliphatic rings. The summed E-state index contributed by atoms with van der Waals surface area (Å²) in [4.78, 5) is 16.2. The van der Waals surface area contributed by atoms with Crippen molar-refractivity contribution in [2.24, 2.45) is 0 Å². The zero-order valence-electron chi connectivity index (χ0n) is 10.7. The van der Waals surface area contributed by atoms with Gasteiger partial charge in [0.05, 0.1) is 21.3 Å². The standard InChI is InChI=1S/C14H10Cl3IN2O/c15-9-7-10(16)13(17)20-12(9)5-6-19-14(21)8-3-1-2-4-11(8)18/h1-4,7H,5-6H2,(H,19,21). The Hall–Kier alpha value is -0.560. The molecule has 0 radical (unpaired) electrons. The number of nitrogens with zero attached hydrogens (tertiary/aromatic N) is 1. The predicted molar refractivity (Wildman–Crippen MR) is 94.5 cm³/mol. The van der Waals surface area contributed by atoms with E-state index in [9.17, 15) is 4.79 Å². The number of hydrogen-bond acceptors (Lipinski definition) is 2. The largest absolute Gasteiger partial charge is 0.352 e. The van der Waals surface area contributed by atoms with Gasteiger partial charge < -0.3 is 5.32 Å². The Morgan fingerprint density at radius 3 is 2.62 bits per heavy atom. The zero-order valence-corrected chi connectivity index (χ0v) is 15.1. The normalized spacial score (nSPS) is 10.5. The summed E-state index contributed by atoms with van der Waals surface area (Å²) in [5.41, 5.74) is 1.25. The molecule has 0 fully saturated rings. The van der Waals surface area contributed by atoms with Crippen molar-refractivity contribution in [1.29, 1.82) is 0 Å². The SMILES string of the molecule is O=C(NCCc1nc(Cl)c(Cl)cc1Cl)c1ccccc1I. The van der Waals surface area contributed by atoms with Crippen LogP contribution in [0, 0.1) is 3.57 Å². The van der Waals surface area contributed by atoms with Gasteiger partial charge in [0.15, 0.2) is 0 Å². The van der Waals surface area contributed by atoms with Gasteiger partial charge in [-0.1, -0.05) is 46.9 Å². The van der Waals surface area contributed by atoms with Gasteiger partial charge in [0.1, 0.15) is 5.15 Å². The van der Waals surface area contributed by atoms with Gasteiger partial charge in [-0.25, -0.2) is 4.98 Å². The molecule has 1 aromatic carbocycles. The first-order valence-electron chi connectivity index (χ1n) is 6.02. The molecule has 1 N–H and O–H groups in total. The monoisotopic (exact) mass is 454 g/mol. The van der Waals surface area contributed by atoms with Gasteiger partial charge in [-0.3, -0.25) is 4.79 Å². The highest BCUT2D eigenvalue weighted by Crippen LogP contribution is 2.25. The number of rotatable bonds is 4. The summed E-state index contributed by atoms with van der Waals surface area (Å²) in [7, 11) is 0. The molecule has 2 rings (SSSR count). The van der Waals surface area contributed by atoms with Crippen LogP contribution in [0.25, 0.3) is 0 Å². The lowest BCUT2D eigenvalue weighted by molar-refractivity contribution is 0.0953. The maximum atomic E-state index is 12.0. The lowest BCUT2D eigenvalue weighted by Gasteiger charge is -2.08. The van der Waals surface area contributed by atoms with Gasteiger partial charge in [0.2, 0.25) is 0 Å². The van der Waals surface area contributed by atoms with Crippen LogP contribution in [0.15, 0.2) is 30.3 Å². The Morgan fingerprint density at radius 2 is 1.90 bits per heavy atom. The molecule has 0 saturated heterocycles. The summed E-state index contributed by atoms with van der Waals surface area (Å²) in [6.45, 7) is 0.411. The fourth-order valence-electron chi connectivity index (χ4n) is 1.69. The summed E-state index contributed by atoms with van der Waals surface area (Å²) < 4.78 is 0.901. The Bertz CT molecular complexity index is 679. The predicted octanol–water partition coefficient (Wildman–Crippen LogP) is 4.62. The third kappa shape index (κ3) is 4.45. The molecule has 21 heavy (non-hydrogen) atoms. The van der Waals surface area contributed by atoms with Crippen molar-refractivity contribution < 1.29 is 4.79 Å². The summed E-state index contributed by atoms with van der Waals surface area (Å²) >= 11 is 19.8. The molecule has 0 spiro atoms. The first-order chi connectivity index (χ1) is 9.99. The quantitative estimate of drug-likeness (QED) is 0.540. The number of benzene rings is 1. The number of hydrogen-bond donors (Lipinski definition) is 1. The van der Waals surface area contributed by atoms with E-state index in [-0.39, 0.29) is 11.1 Å². The van der Waals surface area contributed by atoms with E-state index in [0.29, 0.717) is 34.3 Å². The molecule has 3 nitrogen and oxygen atoms in total. The second-order valence-corrected chi connectivity index (χ2v) is 6.51. The number of carbonyl (C=O) groups excluding carboxylic acids is 1. The molecule has 2 aromatic rings. The third-order valence-electron chi connectivity index (χ3n) is 2.73. The average molecular weight is 456 g/mol. The molecule has 0 aliphatic carbocycles. The second-order valence-electron chi connectivity index (χ2n) is 4.18. The van der Waals surface area contributed by atoms with Crippen LogP contribution >= 0.6 is 57.4 Å². The van der Waals surface area contributed by atoms with E-state index in [1.54, 1.807) is 12.1 Å². The Kier molecular flexibility index (Phi) is 6.10. The average Bonchev–Trinajstić information content (AvgIpc) is 2.44. The highest BCUT2D eigenvalue weighted by Gasteiger charge is 2.11. The lowest BCUT2D eigenvalue weighted by Crippen LogP contribution is -2.26. The van der Waals surface area contributed by atoms with Crippen LogP contribution in [0.1, 0.15) is 16.1 Å². The van der Waals surface area contributed by atoms with Crippen LogP contribution in [0.5, 0.6) is 0 Å². The van der Waals surface area contributed by atoms with Crippen molar-refractivity contribution in [2.45, 2.75) is 6.42 Å². The molecule has 0 atom stereocenters. The maximum Gasteiger partial charge on any atom is 0.252 e. The van der Waals surface area contributed by atoms with Crippen molar-refractivity contribution in [1.82, 2.24) is 10.3 Å². The second kappa shape index (κ2) is 7.63. The molecule has 0 saturated carbocycles. The van der Waals surface area contributed by atoms with Gasteiger partial charge >= 0.3 is 0 Å². The molecule has 110 valence electrons. The van der Waals surface area contributed by atoms with Crippen molar-refractivity contribution in [3.63, 3.8) is 0 Å². The van der Waals surface area contributed by atoms with E-state index < -0.39 is 0 Å². The molecule has 1 amide bonds. The smallest absolute Gasteiger partial charge is 0.252 e. The third-order valence-corrected chi connectivity index (χ3v) is 4.67. The molecule has 0 bridgehead atoms. The number of aromatic nitrogens is 1. The minimum Gasteiger partial charge on any atom is -0.352 e. The van der Waals surface area contributed by atoms with Gasteiger partial charge in [-0.05, 0) is 40.8 Å². The van der Waals surface area contributed by atoms with E-state index in [1.807, 2.05) is 18.2 Å². The number of pyridine rings is 1. The van der Waals surface area contributed by atoms with Crippen LogP contribution in [0.3, 0.4) is 0 Å². The number of halogens is 4. The number of amides is 1. The van der Waals surface area contributed by atoms with E-state index in [4.69, 9.17) is 34.8 Å². The van der Waals surface area contributed by atoms with E-state index in [1.165, 1.54) is 0 Å². The van der Waals surface area contributed by atoms with Crippen molar-refractivity contribution in [3.8, 4) is 0 Å². The fraction of sp³-hybridized carbons (Fsp3) is 0.143. The molecule has 0 unspecified atom stereocenters. The van der Waals surface area contributed by atoms with Gasteiger partial charge in [-0.15, -0.1) is 0 Å². The lowest BCUT2D eigenvalue weighted by atomic mass is 10.2. The summed E-state index contributed by atoms with van der Waals surface area (Å²) in [5, 5.41) is 3.79. The van der Waals surface area contributed by atoms with Crippen LogP contribution in [0.4, 0.5) is 0 Å². The van der Waals surface area contributed by atoms with Crippen LogP contribution in [0.2, 0.25) is 15.2 Å². The van der Waals surface area contributed by atoms with E-state index >= 15 is 0 Å². The Labute approximate surface area is 151 Å². The summed E-state index contributed by atoms with van der Waals surface area (Å²) in [6, 6.07) is 8.93. The fourth-order valence-corrected chi connectivity index (χ4v) is 2.93. The highest BCUT2D eigenvalue weighted by molar-refractivity contribution is 14.1. The summed E-state index contributed by atoms with van der Waals surface area (Å²) in [5.74, 6) is -0.129. The van der Waals surface area contributed by atoms with Crippen LogP contribution in [-0.2, 0) is 6.42 Å².